The zero-order valence-electron chi connectivity index (χ0n) is 7.78. The summed E-state index contributed by atoms with van der Waals surface area (Å²) in [6, 6.07) is 7.67. The first-order chi connectivity index (χ1) is 6.81. The summed E-state index contributed by atoms with van der Waals surface area (Å²) in [5.74, 6) is 0.863. The number of aliphatic imine (C=N–C) groups is 1. The van der Waals surface area contributed by atoms with E-state index >= 15 is 0 Å². The van der Waals surface area contributed by atoms with E-state index in [0.717, 1.165) is 22.3 Å². The molecule has 0 spiro atoms. The summed E-state index contributed by atoms with van der Waals surface area (Å²) in [5.41, 5.74) is 1.82. The first-order valence-electron chi connectivity index (χ1n) is 4.33. The number of rotatable bonds is 2. The SMILES string of the molecule is Cc1cc2c(CN=C=O)cccc2o1. The molecule has 0 aliphatic carbocycles. The molecule has 0 amide bonds. The van der Waals surface area contributed by atoms with Crippen LogP contribution in [0, 0.1) is 6.92 Å². The van der Waals surface area contributed by atoms with Gasteiger partial charge in [0.2, 0.25) is 6.08 Å². The maximum Gasteiger partial charge on any atom is 0.235 e. The number of carbonyl (C=O) groups excluding carboxylic acids is 1. The Morgan fingerprint density at radius 2 is 2.36 bits per heavy atom. The van der Waals surface area contributed by atoms with Gasteiger partial charge in [0.05, 0.1) is 6.54 Å². The summed E-state index contributed by atoms with van der Waals surface area (Å²) < 4.78 is 5.45. The predicted molar refractivity (Wildman–Crippen MR) is 52.8 cm³/mol. The standard InChI is InChI=1S/C11H9NO2/c1-8-5-10-9(6-12-7-13)3-2-4-11(10)14-8/h2-5H,6H2,1H3. The molecule has 14 heavy (non-hydrogen) atoms. The molecule has 0 radical (unpaired) electrons. The first-order valence-corrected chi connectivity index (χ1v) is 4.33. The van der Waals surface area contributed by atoms with Crippen molar-refractivity contribution in [2.75, 3.05) is 0 Å². The average Bonchev–Trinajstić information content (AvgIpc) is 2.55. The highest BCUT2D eigenvalue weighted by molar-refractivity contribution is 5.81. The minimum Gasteiger partial charge on any atom is -0.461 e. The van der Waals surface area contributed by atoms with E-state index in [9.17, 15) is 4.79 Å². The van der Waals surface area contributed by atoms with Crippen LogP contribution >= 0.6 is 0 Å². The van der Waals surface area contributed by atoms with Crippen LogP contribution in [-0.2, 0) is 11.3 Å². The molecule has 70 valence electrons. The quantitative estimate of drug-likeness (QED) is 0.535. The molecule has 0 aliphatic rings. The summed E-state index contributed by atoms with van der Waals surface area (Å²) >= 11 is 0. The van der Waals surface area contributed by atoms with E-state index in [0.29, 0.717) is 6.54 Å². The number of hydrogen-bond donors (Lipinski definition) is 0. The number of hydrogen-bond acceptors (Lipinski definition) is 3. The van der Waals surface area contributed by atoms with Crippen molar-refractivity contribution in [1.29, 1.82) is 0 Å². The Kier molecular flexibility index (Phi) is 2.17. The zero-order chi connectivity index (χ0) is 9.97. The molecule has 0 fully saturated rings. The van der Waals surface area contributed by atoms with Crippen LogP contribution in [0.5, 0.6) is 0 Å². The van der Waals surface area contributed by atoms with E-state index in [-0.39, 0.29) is 0 Å². The number of nitrogens with zero attached hydrogens (tertiary/aromatic N) is 1. The van der Waals surface area contributed by atoms with Crippen LogP contribution < -0.4 is 0 Å². The lowest BCUT2D eigenvalue weighted by Crippen LogP contribution is -1.80. The molecule has 0 atom stereocenters. The van der Waals surface area contributed by atoms with Gasteiger partial charge in [0.25, 0.3) is 0 Å². The van der Waals surface area contributed by atoms with Gasteiger partial charge in [-0.2, -0.15) is 0 Å². The van der Waals surface area contributed by atoms with Crippen LogP contribution in [0.4, 0.5) is 0 Å². The van der Waals surface area contributed by atoms with E-state index in [2.05, 4.69) is 4.99 Å². The number of aryl methyl sites for hydroxylation is 1. The average molecular weight is 187 g/mol. The van der Waals surface area contributed by atoms with Crippen LogP contribution in [0.15, 0.2) is 33.7 Å². The normalized spacial score (nSPS) is 10.1. The number of benzene rings is 1. The lowest BCUT2D eigenvalue weighted by Gasteiger charge is -1.95. The molecule has 0 N–H and O–H groups in total. The Bertz CT molecular complexity index is 507. The summed E-state index contributed by atoms with van der Waals surface area (Å²) in [5, 5.41) is 1.02. The molecule has 0 aliphatic heterocycles. The van der Waals surface area contributed by atoms with Crippen molar-refractivity contribution in [2.24, 2.45) is 4.99 Å². The Hall–Kier alpha value is -1.86. The lowest BCUT2D eigenvalue weighted by molar-refractivity contribution is 0.562. The van der Waals surface area contributed by atoms with E-state index in [4.69, 9.17) is 4.42 Å². The van der Waals surface area contributed by atoms with Crippen molar-refractivity contribution < 1.29 is 9.21 Å². The summed E-state index contributed by atoms with van der Waals surface area (Å²) in [4.78, 5) is 13.6. The van der Waals surface area contributed by atoms with Crippen molar-refractivity contribution >= 4 is 17.0 Å². The molecule has 3 nitrogen and oxygen atoms in total. The van der Waals surface area contributed by atoms with Gasteiger partial charge in [-0.3, -0.25) is 0 Å². The predicted octanol–water partition coefficient (Wildman–Crippen LogP) is 2.58. The van der Waals surface area contributed by atoms with Gasteiger partial charge in [-0.1, -0.05) is 12.1 Å². The second-order valence-corrected chi connectivity index (χ2v) is 3.09. The fourth-order valence-corrected chi connectivity index (χ4v) is 1.50. The lowest BCUT2D eigenvalue weighted by atomic mass is 10.1. The molecule has 0 saturated heterocycles. The third-order valence-electron chi connectivity index (χ3n) is 2.09. The van der Waals surface area contributed by atoms with Gasteiger partial charge in [-0.15, -0.1) is 0 Å². The van der Waals surface area contributed by atoms with Crippen LogP contribution in [-0.4, -0.2) is 6.08 Å². The highest BCUT2D eigenvalue weighted by atomic mass is 16.3. The molecule has 2 aromatic rings. The molecule has 3 heteroatoms. The fraction of sp³-hybridized carbons (Fsp3) is 0.182. The van der Waals surface area contributed by atoms with Crippen LogP contribution in [0.1, 0.15) is 11.3 Å². The molecule has 1 aromatic carbocycles. The number of fused-ring (bicyclic) bond motifs is 1. The van der Waals surface area contributed by atoms with E-state index in [1.807, 2.05) is 31.2 Å². The van der Waals surface area contributed by atoms with Gasteiger partial charge in [0.15, 0.2) is 0 Å². The Labute approximate surface area is 81.1 Å². The summed E-state index contributed by atoms with van der Waals surface area (Å²) in [7, 11) is 0. The third kappa shape index (κ3) is 1.45. The van der Waals surface area contributed by atoms with Gasteiger partial charge in [0.1, 0.15) is 11.3 Å². The Balaban J connectivity index is 2.57. The second-order valence-electron chi connectivity index (χ2n) is 3.09. The van der Waals surface area contributed by atoms with E-state index in [1.54, 1.807) is 0 Å². The van der Waals surface area contributed by atoms with Gasteiger partial charge in [-0.25, -0.2) is 9.79 Å². The molecular weight excluding hydrogens is 178 g/mol. The molecule has 0 unspecified atom stereocenters. The smallest absolute Gasteiger partial charge is 0.235 e. The maximum absolute atomic E-state index is 10.0. The van der Waals surface area contributed by atoms with Crippen molar-refractivity contribution in [3.8, 4) is 0 Å². The van der Waals surface area contributed by atoms with Crippen molar-refractivity contribution in [3.63, 3.8) is 0 Å². The highest BCUT2D eigenvalue weighted by Gasteiger charge is 2.04. The number of isocyanates is 1. The van der Waals surface area contributed by atoms with Gasteiger partial charge in [-0.05, 0) is 24.6 Å². The molecular formula is C11H9NO2. The van der Waals surface area contributed by atoms with Gasteiger partial charge >= 0.3 is 0 Å². The van der Waals surface area contributed by atoms with E-state index in [1.165, 1.54) is 6.08 Å². The Morgan fingerprint density at radius 3 is 3.14 bits per heavy atom. The minimum atomic E-state index is 0.361. The number of furan rings is 1. The molecule has 1 aromatic heterocycles. The van der Waals surface area contributed by atoms with E-state index < -0.39 is 0 Å². The molecule has 0 saturated carbocycles. The topological polar surface area (TPSA) is 42.6 Å². The van der Waals surface area contributed by atoms with Crippen molar-refractivity contribution in [2.45, 2.75) is 13.5 Å². The van der Waals surface area contributed by atoms with Crippen LogP contribution in [0.25, 0.3) is 11.0 Å². The summed E-state index contributed by atoms with van der Waals surface area (Å²) in [6.07, 6.45) is 1.53. The minimum absolute atomic E-state index is 0.361. The van der Waals surface area contributed by atoms with Gasteiger partial charge < -0.3 is 4.42 Å². The monoisotopic (exact) mass is 187 g/mol. The van der Waals surface area contributed by atoms with Crippen LogP contribution in [0.3, 0.4) is 0 Å². The summed E-state index contributed by atoms with van der Waals surface area (Å²) in [6.45, 7) is 2.26. The molecule has 0 bridgehead atoms. The maximum atomic E-state index is 10.0. The van der Waals surface area contributed by atoms with Crippen LogP contribution in [0.2, 0.25) is 0 Å². The third-order valence-corrected chi connectivity index (χ3v) is 2.09. The highest BCUT2D eigenvalue weighted by Crippen LogP contribution is 2.22. The fourth-order valence-electron chi connectivity index (χ4n) is 1.50. The molecule has 1 heterocycles. The van der Waals surface area contributed by atoms with Crippen molar-refractivity contribution in [3.05, 3.63) is 35.6 Å². The Morgan fingerprint density at radius 1 is 1.50 bits per heavy atom. The first kappa shape index (κ1) is 8.73. The second kappa shape index (κ2) is 3.48. The van der Waals surface area contributed by atoms with Gasteiger partial charge in [0, 0.05) is 5.39 Å². The zero-order valence-corrected chi connectivity index (χ0v) is 7.78. The van der Waals surface area contributed by atoms with Crippen molar-refractivity contribution in [1.82, 2.24) is 0 Å². The molecule has 2 rings (SSSR count). The largest absolute Gasteiger partial charge is 0.461 e.